The van der Waals surface area contributed by atoms with Gasteiger partial charge in [-0.3, -0.25) is 0 Å². The summed E-state index contributed by atoms with van der Waals surface area (Å²) in [6.07, 6.45) is 3.61. The van der Waals surface area contributed by atoms with Crippen molar-refractivity contribution in [3.05, 3.63) is 120 Å². The van der Waals surface area contributed by atoms with E-state index in [2.05, 4.69) is 53.9 Å². The second kappa shape index (κ2) is 12.3. The van der Waals surface area contributed by atoms with Gasteiger partial charge < -0.3 is 19.5 Å². The van der Waals surface area contributed by atoms with E-state index in [1.165, 1.54) is 0 Å². The van der Waals surface area contributed by atoms with Gasteiger partial charge in [0, 0.05) is 13.1 Å². The molecule has 3 aromatic rings. The van der Waals surface area contributed by atoms with Crippen molar-refractivity contribution in [2.75, 3.05) is 13.1 Å². The summed E-state index contributed by atoms with van der Waals surface area (Å²) in [6.45, 7) is 3.05. The van der Waals surface area contributed by atoms with E-state index in [1.807, 2.05) is 54.6 Å². The number of ether oxygens (including phenoxy) is 3. The number of rotatable bonds is 9. The molecule has 3 aromatic carbocycles. The zero-order chi connectivity index (χ0) is 21.8. The Balaban J connectivity index is 1.49. The fraction of sp³-hybridized carbons (Fsp3) is 0.286. The van der Waals surface area contributed by atoms with Crippen LogP contribution in [0.1, 0.15) is 16.7 Å². The van der Waals surface area contributed by atoms with E-state index in [1.54, 1.807) is 0 Å². The van der Waals surface area contributed by atoms with Crippen LogP contribution in [-0.4, -0.2) is 31.4 Å². The van der Waals surface area contributed by atoms with Gasteiger partial charge in [-0.05, 0) is 16.7 Å². The lowest BCUT2D eigenvalue weighted by Crippen LogP contribution is -2.48. The third kappa shape index (κ3) is 6.87. The summed E-state index contributed by atoms with van der Waals surface area (Å²) < 4.78 is 19.2. The van der Waals surface area contributed by atoms with Gasteiger partial charge in [-0.2, -0.15) is 0 Å². The van der Waals surface area contributed by atoms with E-state index in [0.29, 0.717) is 26.4 Å². The third-order valence-electron chi connectivity index (χ3n) is 5.50. The van der Waals surface area contributed by atoms with Crippen molar-refractivity contribution in [2.24, 2.45) is 0 Å². The Morgan fingerprint density at radius 1 is 0.625 bits per heavy atom. The van der Waals surface area contributed by atoms with Crippen LogP contribution in [0.25, 0.3) is 0 Å². The van der Waals surface area contributed by atoms with E-state index in [0.717, 1.165) is 23.2 Å². The summed E-state index contributed by atoms with van der Waals surface area (Å²) in [5, 5.41) is 3.45. The maximum Gasteiger partial charge on any atom is 0.115 e. The third-order valence-corrected chi connectivity index (χ3v) is 5.50. The molecule has 0 aliphatic carbocycles. The van der Waals surface area contributed by atoms with Crippen LogP contribution in [0.5, 0.6) is 0 Å². The van der Waals surface area contributed by atoms with Crippen molar-refractivity contribution in [3.8, 4) is 0 Å². The smallest absolute Gasteiger partial charge is 0.115 e. The number of nitrogens with one attached hydrogen (secondary N) is 1. The average molecular weight is 430 g/mol. The molecule has 1 N–H and O–H groups in total. The van der Waals surface area contributed by atoms with Crippen molar-refractivity contribution < 1.29 is 14.2 Å². The van der Waals surface area contributed by atoms with Gasteiger partial charge >= 0.3 is 0 Å². The SMILES string of the molecule is C1=C[C@@H](OCc2ccccc2)[C@H](OCc2ccccc2)[C@@H](OCc2ccccc2)CNC1. The molecular weight excluding hydrogens is 398 g/mol. The highest BCUT2D eigenvalue weighted by Crippen LogP contribution is 2.20. The van der Waals surface area contributed by atoms with Crippen molar-refractivity contribution in [2.45, 2.75) is 38.1 Å². The average Bonchev–Trinajstić information content (AvgIpc) is 2.84. The summed E-state index contributed by atoms with van der Waals surface area (Å²) in [7, 11) is 0. The molecular formula is C28H31NO3. The molecule has 0 radical (unpaired) electrons. The Labute approximate surface area is 190 Å². The molecule has 166 valence electrons. The van der Waals surface area contributed by atoms with Crippen LogP contribution in [0.3, 0.4) is 0 Å². The lowest BCUT2D eigenvalue weighted by Gasteiger charge is -2.34. The molecule has 0 unspecified atom stereocenters. The molecule has 1 heterocycles. The Hall–Kier alpha value is -2.76. The molecule has 4 rings (SSSR count). The zero-order valence-corrected chi connectivity index (χ0v) is 18.3. The van der Waals surface area contributed by atoms with Crippen LogP contribution in [0, 0.1) is 0 Å². The molecule has 4 nitrogen and oxygen atoms in total. The highest BCUT2D eigenvalue weighted by molar-refractivity contribution is 5.16. The quantitative estimate of drug-likeness (QED) is 0.491. The summed E-state index contributed by atoms with van der Waals surface area (Å²) in [5.74, 6) is 0. The summed E-state index contributed by atoms with van der Waals surface area (Å²) >= 11 is 0. The predicted octanol–water partition coefficient (Wildman–Crippen LogP) is 4.90. The lowest BCUT2D eigenvalue weighted by molar-refractivity contribution is -0.137. The van der Waals surface area contributed by atoms with Gasteiger partial charge in [-0.1, -0.05) is 103 Å². The highest BCUT2D eigenvalue weighted by Gasteiger charge is 2.31. The molecule has 0 aromatic heterocycles. The first-order chi connectivity index (χ1) is 15.9. The minimum atomic E-state index is -0.244. The standard InChI is InChI=1S/C28H31NO3/c1-4-11-23(12-5-1)20-30-26-17-10-18-29-19-27(31-21-24-13-6-2-7-14-24)28(26)32-22-25-15-8-3-9-16-25/h1-17,26-29H,18-22H2/t26-,27+,28+/m1/s1. The summed E-state index contributed by atoms with van der Waals surface area (Å²) in [6, 6.07) is 30.7. The van der Waals surface area contributed by atoms with E-state index in [9.17, 15) is 0 Å². The van der Waals surface area contributed by atoms with Crippen LogP contribution < -0.4 is 5.32 Å². The normalized spacial score (nSPS) is 21.1. The predicted molar refractivity (Wildman–Crippen MR) is 127 cm³/mol. The van der Waals surface area contributed by atoms with E-state index in [4.69, 9.17) is 14.2 Å². The molecule has 0 amide bonds. The Kier molecular flexibility index (Phi) is 8.64. The van der Waals surface area contributed by atoms with Gasteiger partial charge in [0.1, 0.15) is 12.2 Å². The molecule has 1 aliphatic heterocycles. The molecule has 32 heavy (non-hydrogen) atoms. The first-order valence-corrected chi connectivity index (χ1v) is 11.2. The fourth-order valence-corrected chi connectivity index (χ4v) is 3.77. The number of hydrogen-bond acceptors (Lipinski definition) is 4. The maximum atomic E-state index is 6.47. The first kappa shape index (κ1) is 22.4. The van der Waals surface area contributed by atoms with Crippen LogP contribution in [0.4, 0.5) is 0 Å². The zero-order valence-electron chi connectivity index (χ0n) is 18.3. The van der Waals surface area contributed by atoms with Gasteiger partial charge in [-0.15, -0.1) is 0 Å². The molecule has 0 spiro atoms. The molecule has 0 saturated heterocycles. The summed E-state index contributed by atoms with van der Waals surface area (Å²) in [5.41, 5.74) is 3.42. The van der Waals surface area contributed by atoms with Crippen molar-refractivity contribution in [1.29, 1.82) is 0 Å². The Morgan fingerprint density at radius 2 is 1.12 bits per heavy atom. The Morgan fingerprint density at radius 3 is 1.69 bits per heavy atom. The molecule has 1 aliphatic rings. The van der Waals surface area contributed by atoms with Gasteiger partial charge in [-0.25, -0.2) is 0 Å². The van der Waals surface area contributed by atoms with Crippen LogP contribution in [-0.2, 0) is 34.0 Å². The topological polar surface area (TPSA) is 39.7 Å². The van der Waals surface area contributed by atoms with Gasteiger partial charge in [0.25, 0.3) is 0 Å². The first-order valence-electron chi connectivity index (χ1n) is 11.2. The van der Waals surface area contributed by atoms with Crippen LogP contribution in [0.15, 0.2) is 103 Å². The monoisotopic (exact) mass is 429 g/mol. The van der Waals surface area contributed by atoms with Gasteiger partial charge in [0.2, 0.25) is 0 Å². The highest BCUT2D eigenvalue weighted by atomic mass is 16.6. The minimum absolute atomic E-state index is 0.148. The van der Waals surface area contributed by atoms with Crippen molar-refractivity contribution >= 4 is 0 Å². The lowest BCUT2D eigenvalue weighted by atomic mass is 10.0. The van der Waals surface area contributed by atoms with Crippen molar-refractivity contribution in [3.63, 3.8) is 0 Å². The second-order valence-electron chi connectivity index (χ2n) is 7.94. The maximum absolute atomic E-state index is 6.47. The molecule has 0 bridgehead atoms. The Bertz CT molecular complexity index is 931. The van der Waals surface area contributed by atoms with Gasteiger partial charge in [0.15, 0.2) is 0 Å². The van der Waals surface area contributed by atoms with Crippen LogP contribution in [0.2, 0.25) is 0 Å². The van der Waals surface area contributed by atoms with Crippen molar-refractivity contribution in [1.82, 2.24) is 5.32 Å². The minimum Gasteiger partial charge on any atom is -0.369 e. The summed E-state index contributed by atoms with van der Waals surface area (Å²) in [4.78, 5) is 0. The fourth-order valence-electron chi connectivity index (χ4n) is 3.77. The van der Waals surface area contributed by atoms with Crippen LogP contribution >= 0.6 is 0 Å². The molecule has 0 fully saturated rings. The number of benzene rings is 3. The molecule has 0 saturated carbocycles. The van der Waals surface area contributed by atoms with E-state index in [-0.39, 0.29) is 18.3 Å². The van der Waals surface area contributed by atoms with E-state index < -0.39 is 0 Å². The molecule has 3 atom stereocenters. The molecule has 4 heteroatoms. The number of hydrogen-bond donors (Lipinski definition) is 1. The van der Waals surface area contributed by atoms with Gasteiger partial charge in [0.05, 0.1) is 25.9 Å². The second-order valence-corrected chi connectivity index (χ2v) is 7.94. The van der Waals surface area contributed by atoms with E-state index >= 15 is 0 Å². The largest absolute Gasteiger partial charge is 0.369 e.